The molecule has 2 saturated heterocycles. The lowest BCUT2D eigenvalue weighted by molar-refractivity contribution is -0.152. The lowest BCUT2D eigenvalue weighted by Crippen LogP contribution is -2.51. The van der Waals surface area contributed by atoms with E-state index in [0.29, 0.717) is 18.9 Å². The van der Waals surface area contributed by atoms with Crippen LogP contribution in [0.3, 0.4) is 0 Å². The molecule has 0 aromatic carbocycles. The van der Waals surface area contributed by atoms with Crippen molar-refractivity contribution in [3.8, 4) is 0 Å². The van der Waals surface area contributed by atoms with E-state index in [4.69, 9.17) is 0 Å². The maximum Gasteiger partial charge on any atom is 0.326 e. The number of nitrogens with one attached hydrogen (secondary N) is 1. The van der Waals surface area contributed by atoms with Crippen LogP contribution in [0.5, 0.6) is 0 Å². The van der Waals surface area contributed by atoms with E-state index in [9.17, 15) is 14.7 Å². The summed E-state index contributed by atoms with van der Waals surface area (Å²) in [5, 5.41) is 12.7. The summed E-state index contributed by atoms with van der Waals surface area (Å²) in [5.74, 6) is -0.354. The van der Waals surface area contributed by atoms with Gasteiger partial charge in [0.1, 0.15) is 6.04 Å². The van der Waals surface area contributed by atoms with Crippen LogP contribution >= 0.6 is 0 Å². The zero-order chi connectivity index (χ0) is 14.1. The van der Waals surface area contributed by atoms with Gasteiger partial charge in [0.15, 0.2) is 0 Å². The lowest BCUT2D eigenvalue weighted by Gasteiger charge is -2.36. The summed E-state index contributed by atoms with van der Waals surface area (Å²) in [6.07, 6.45) is 6.94. The van der Waals surface area contributed by atoms with Crippen LogP contribution in [0.1, 0.15) is 44.9 Å². The van der Waals surface area contributed by atoms with Crippen molar-refractivity contribution in [1.29, 1.82) is 0 Å². The van der Waals surface area contributed by atoms with E-state index >= 15 is 0 Å². The standard InChI is InChI=1S/C15H24N2O3/c18-14(11-5-3-7-16-9-11)17-12-6-2-1-4-10(12)8-13(17)15(19)20/h10-13,16H,1-9H2,(H,19,20)/t10?,11-,12?,13?/m0/s1. The molecule has 112 valence electrons. The molecule has 2 heterocycles. The van der Waals surface area contributed by atoms with Gasteiger partial charge in [-0.05, 0) is 44.6 Å². The SMILES string of the molecule is O=C(O)C1CC2CCCCC2N1C(=O)[C@H]1CCCNC1. The highest BCUT2D eigenvalue weighted by atomic mass is 16.4. The van der Waals surface area contributed by atoms with Crippen molar-refractivity contribution >= 4 is 11.9 Å². The van der Waals surface area contributed by atoms with Gasteiger partial charge < -0.3 is 15.3 Å². The van der Waals surface area contributed by atoms with Crippen molar-refractivity contribution in [3.63, 3.8) is 0 Å². The topological polar surface area (TPSA) is 69.6 Å². The maximum atomic E-state index is 12.8. The number of nitrogens with zero attached hydrogens (tertiary/aromatic N) is 1. The molecular formula is C15H24N2O3. The number of likely N-dealkylation sites (tertiary alicyclic amines) is 1. The predicted octanol–water partition coefficient (Wildman–Crippen LogP) is 1.23. The van der Waals surface area contributed by atoms with Gasteiger partial charge in [-0.3, -0.25) is 4.79 Å². The summed E-state index contributed by atoms with van der Waals surface area (Å²) in [6, 6.07) is -0.406. The Kier molecular flexibility index (Phi) is 3.96. The smallest absolute Gasteiger partial charge is 0.326 e. The van der Waals surface area contributed by atoms with Crippen LogP contribution in [0.4, 0.5) is 0 Å². The van der Waals surface area contributed by atoms with Gasteiger partial charge in [0.25, 0.3) is 0 Å². The summed E-state index contributed by atoms with van der Waals surface area (Å²) < 4.78 is 0. The molecule has 1 aliphatic carbocycles. The molecular weight excluding hydrogens is 256 g/mol. The molecule has 20 heavy (non-hydrogen) atoms. The molecule has 0 radical (unpaired) electrons. The van der Waals surface area contributed by atoms with E-state index in [0.717, 1.165) is 38.6 Å². The number of hydrogen-bond acceptors (Lipinski definition) is 3. The summed E-state index contributed by atoms with van der Waals surface area (Å²) >= 11 is 0. The second kappa shape index (κ2) is 5.72. The monoisotopic (exact) mass is 280 g/mol. The molecule has 0 aromatic heterocycles. The highest BCUT2D eigenvalue weighted by molar-refractivity contribution is 5.86. The Labute approximate surface area is 119 Å². The minimum absolute atomic E-state index is 0.0220. The van der Waals surface area contributed by atoms with Crippen molar-refractivity contribution in [2.24, 2.45) is 11.8 Å². The molecule has 3 fully saturated rings. The number of fused-ring (bicyclic) bond motifs is 1. The third kappa shape index (κ3) is 2.43. The molecule has 1 amide bonds. The zero-order valence-electron chi connectivity index (χ0n) is 11.9. The van der Waals surface area contributed by atoms with Crippen LogP contribution in [-0.4, -0.2) is 47.1 Å². The van der Waals surface area contributed by atoms with Gasteiger partial charge >= 0.3 is 5.97 Å². The Bertz CT molecular complexity index is 393. The van der Waals surface area contributed by atoms with Gasteiger partial charge in [0.05, 0.1) is 5.92 Å². The molecule has 0 spiro atoms. The Balaban J connectivity index is 1.79. The van der Waals surface area contributed by atoms with Crippen LogP contribution in [0.2, 0.25) is 0 Å². The third-order valence-corrected chi connectivity index (χ3v) is 5.27. The average molecular weight is 280 g/mol. The first-order valence-corrected chi connectivity index (χ1v) is 7.94. The fourth-order valence-corrected chi connectivity index (χ4v) is 4.27. The largest absolute Gasteiger partial charge is 0.480 e. The molecule has 3 unspecified atom stereocenters. The number of carbonyl (C=O) groups is 2. The lowest BCUT2D eigenvalue weighted by atomic mass is 9.84. The fraction of sp³-hybridized carbons (Fsp3) is 0.867. The van der Waals surface area contributed by atoms with E-state index in [-0.39, 0.29) is 17.9 Å². The van der Waals surface area contributed by atoms with Crippen molar-refractivity contribution in [2.75, 3.05) is 13.1 Å². The number of carbonyl (C=O) groups excluding carboxylic acids is 1. The van der Waals surface area contributed by atoms with Crippen LogP contribution in [0, 0.1) is 11.8 Å². The molecule has 3 rings (SSSR count). The molecule has 2 aliphatic heterocycles. The average Bonchev–Trinajstić information content (AvgIpc) is 2.87. The van der Waals surface area contributed by atoms with Crippen LogP contribution < -0.4 is 5.32 Å². The number of carboxylic acid groups (broad SMARTS) is 1. The fourth-order valence-electron chi connectivity index (χ4n) is 4.27. The predicted molar refractivity (Wildman–Crippen MR) is 74.2 cm³/mol. The number of amides is 1. The quantitative estimate of drug-likeness (QED) is 0.798. The van der Waals surface area contributed by atoms with E-state index < -0.39 is 12.0 Å². The normalized spacial score (nSPS) is 37.5. The minimum Gasteiger partial charge on any atom is -0.480 e. The molecule has 2 N–H and O–H groups in total. The molecule has 4 atom stereocenters. The van der Waals surface area contributed by atoms with E-state index in [1.807, 2.05) is 0 Å². The van der Waals surface area contributed by atoms with Crippen LogP contribution in [-0.2, 0) is 9.59 Å². The number of hydrogen-bond donors (Lipinski definition) is 2. The first-order valence-electron chi connectivity index (χ1n) is 7.94. The Hall–Kier alpha value is -1.10. The summed E-state index contributed by atoms with van der Waals surface area (Å²) in [6.45, 7) is 1.68. The maximum absolute atomic E-state index is 12.8. The Morgan fingerprint density at radius 2 is 1.90 bits per heavy atom. The van der Waals surface area contributed by atoms with Gasteiger partial charge in [-0.1, -0.05) is 12.8 Å². The molecule has 1 saturated carbocycles. The first-order chi connectivity index (χ1) is 9.68. The van der Waals surface area contributed by atoms with Crippen molar-refractivity contribution in [2.45, 2.75) is 57.0 Å². The van der Waals surface area contributed by atoms with Crippen molar-refractivity contribution < 1.29 is 14.7 Å². The summed E-state index contributed by atoms with van der Waals surface area (Å²) in [7, 11) is 0. The van der Waals surface area contributed by atoms with Crippen LogP contribution in [0.15, 0.2) is 0 Å². The van der Waals surface area contributed by atoms with Crippen molar-refractivity contribution in [1.82, 2.24) is 10.2 Å². The van der Waals surface area contributed by atoms with Crippen molar-refractivity contribution in [3.05, 3.63) is 0 Å². The number of carboxylic acids is 1. The van der Waals surface area contributed by atoms with Gasteiger partial charge in [-0.15, -0.1) is 0 Å². The summed E-state index contributed by atoms with van der Waals surface area (Å²) in [5.41, 5.74) is 0. The summed E-state index contributed by atoms with van der Waals surface area (Å²) in [4.78, 5) is 26.1. The van der Waals surface area contributed by atoms with E-state index in [1.165, 1.54) is 6.42 Å². The Morgan fingerprint density at radius 3 is 2.60 bits per heavy atom. The first kappa shape index (κ1) is 13.9. The highest BCUT2D eigenvalue weighted by Gasteiger charge is 2.48. The number of rotatable bonds is 2. The number of piperidine rings is 1. The Morgan fingerprint density at radius 1 is 1.10 bits per heavy atom. The molecule has 5 nitrogen and oxygen atoms in total. The van der Waals surface area contributed by atoms with Gasteiger partial charge in [-0.25, -0.2) is 4.79 Å². The second-order valence-corrected chi connectivity index (χ2v) is 6.49. The minimum atomic E-state index is -0.823. The van der Waals surface area contributed by atoms with Crippen LogP contribution in [0.25, 0.3) is 0 Å². The molecule has 3 aliphatic rings. The zero-order valence-corrected chi connectivity index (χ0v) is 11.9. The number of aliphatic carboxylic acids is 1. The van der Waals surface area contributed by atoms with E-state index in [2.05, 4.69) is 5.32 Å². The third-order valence-electron chi connectivity index (χ3n) is 5.27. The molecule has 5 heteroatoms. The van der Waals surface area contributed by atoms with E-state index in [1.54, 1.807) is 4.90 Å². The van der Waals surface area contributed by atoms with Gasteiger partial charge in [0.2, 0.25) is 5.91 Å². The van der Waals surface area contributed by atoms with Gasteiger partial charge in [0, 0.05) is 12.6 Å². The second-order valence-electron chi connectivity index (χ2n) is 6.49. The molecule has 0 bridgehead atoms. The highest BCUT2D eigenvalue weighted by Crippen LogP contribution is 2.40. The molecule has 0 aromatic rings. The van der Waals surface area contributed by atoms with Gasteiger partial charge in [-0.2, -0.15) is 0 Å².